The molecule has 3 rings (SSSR count). The predicted octanol–water partition coefficient (Wildman–Crippen LogP) is 4.16. The number of nitro groups is 1. The number of rotatable bonds is 5. The average molecular weight is 385 g/mol. The second-order valence-electron chi connectivity index (χ2n) is 5.38. The van der Waals surface area contributed by atoms with Gasteiger partial charge in [-0.2, -0.15) is 0 Å². The summed E-state index contributed by atoms with van der Waals surface area (Å²) in [6.45, 7) is 0. The van der Waals surface area contributed by atoms with Crippen LogP contribution in [-0.2, 0) is 9.53 Å². The molecule has 1 heterocycles. The van der Waals surface area contributed by atoms with Gasteiger partial charge in [-0.3, -0.25) is 10.1 Å². The zero-order valence-electron chi connectivity index (χ0n) is 14.1. The summed E-state index contributed by atoms with van der Waals surface area (Å²) < 4.78 is 10.3. The van der Waals surface area contributed by atoms with E-state index in [4.69, 9.17) is 21.1 Å². The van der Waals surface area contributed by atoms with Crippen LogP contribution < -0.4 is 4.74 Å². The lowest BCUT2D eigenvalue weighted by molar-refractivity contribution is -0.384. The standard InChI is InChI=1S/C19H13ClN2O5/c1-26-17-8-3-2-5-12(17)6-4-7-16-19(23)27-18(21-16)14-11-13(22(24)25)9-10-15(14)20/h2-11H,1H3/b6-4+,16-7-. The topological polar surface area (TPSA) is 91.0 Å². The summed E-state index contributed by atoms with van der Waals surface area (Å²) in [6.07, 6.45) is 4.87. The van der Waals surface area contributed by atoms with Crippen molar-refractivity contribution in [3.63, 3.8) is 0 Å². The quantitative estimate of drug-likeness (QED) is 0.334. The first kappa shape index (κ1) is 18.3. The van der Waals surface area contributed by atoms with Crippen LogP contribution in [-0.4, -0.2) is 23.9 Å². The fourth-order valence-electron chi connectivity index (χ4n) is 2.38. The fraction of sp³-hybridized carbons (Fsp3) is 0.0526. The average Bonchev–Trinajstić information content (AvgIpc) is 3.03. The third-order valence-electron chi connectivity index (χ3n) is 3.68. The van der Waals surface area contributed by atoms with E-state index in [1.165, 1.54) is 24.3 Å². The van der Waals surface area contributed by atoms with Crippen molar-refractivity contribution in [2.45, 2.75) is 0 Å². The van der Waals surface area contributed by atoms with Crippen LogP contribution in [0.3, 0.4) is 0 Å². The molecule has 8 heteroatoms. The molecule has 1 aliphatic heterocycles. The number of esters is 1. The third kappa shape index (κ3) is 4.04. The number of allylic oxidation sites excluding steroid dienone is 2. The van der Waals surface area contributed by atoms with Crippen molar-refractivity contribution in [2.75, 3.05) is 7.11 Å². The molecule has 2 aromatic carbocycles. The number of benzene rings is 2. The van der Waals surface area contributed by atoms with Crippen molar-refractivity contribution in [3.05, 3.63) is 86.6 Å². The molecule has 0 aliphatic carbocycles. The van der Waals surface area contributed by atoms with Gasteiger partial charge >= 0.3 is 5.97 Å². The van der Waals surface area contributed by atoms with Crippen LogP contribution in [0.15, 0.2) is 65.3 Å². The van der Waals surface area contributed by atoms with Crippen molar-refractivity contribution < 1.29 is 19.2 Å². The van der Waals surface area contributed by atoms with Gasteiger partial charge in [0, 0.05) is 17.7 Å². The Labute approximate surface area is 159 Å². The summed E-state index contributed by atoms with van der Waals surface area (Å²) >= 11 is 6.05. The van der Waals surface area contributed by atoms with E-state index in [1.807, 2.05) is 24.3 Å². The zero-order chi connectivity index (χ0) is 19.4. The maximum atomic E-state index is 12.0. The smallest absolute Gasteiger partial charge is 0.363 e. The lowest BCUT2D eigenvalue weighted by Crippen LogP contribution is -2.06. The molecule has 0 aromatic heterocycles. The van der Waals surface area contributed by atoms with Crippen molar-refractivity contribution in [3.8, 4) is 5.75 Å². The molecule has 7 nitrogen and oxygen atoms in total. The van der Waals surface area contributed by atoms with Gasteiger partial charge in [-0.05, 0) is 18.2 Å². The van der Waals surface area contributed by atoms with Gasteiger partial charge in [0.05, 0.1) is 22.6 Å². The Balaban J connectivity index is 1.88. The Kier molecular flexibility index (Phi) is 5.33. The molecule has 0 spiro atoms. The zero-order valence-corrected chi connectivity index (χ0v) is 14.8. The van der Waals surface area contributed by atoms with Gasteiger partial charge in [0.15, 0.2) is 5.70 Å². The van der Waals surface area contributed by atoms with Crippen LogP contribution in [0.2, 0.25) is 5.02 Å². The minimum absolute atomic E-state index is 0.0544. The van der Waals surface area contributed by atoms with E-state index >= 15 is 0 Å². The minimum atomic E-state index is -0.669. The van der Waals surface area contributed by atoms with Crippen molar-refractivity contribution >= 4 is 35.2 Å². The predicted molar refractivity (Wildman–Crippen MR) is 101 cm³/mol. The van der Waals surface area contributed by atoms with Crippen molar-refractivity contribution in [2.24, 2.45) is 4.99 Å². The molecule has 27 heavy (non-hydrogen) atoms. The second kappa shape index (κ2) is 7.84. The number of carbonyl (C=O) groups is 1. The second-order valence-corrected chi connectivity index (χ2v) is 5.79. The lowest BCUT2D eigenvalue weighted by Gasteiger charge is -2.02. The molecule has 2 aromatic rings. The number of halogens is 1. The summed E-state index contributed by atoms with van der Waals surface area (Å²) in [6, 6.07) is 11.2. The van der Waals surface area contributed by atoms with Gasteiger partial charge in [0.1, 0.15) is 5.75 Å². The molecule has 0 bridgehead atoms. The van der Waals surface area contributed by atoms with Gasteiger partial charge in [-0.25, -0.2) is 9.79 Å². The van der Waals surface area contributed by atoms with Crippen LogP contribution in [0.25, 0.3) is 6.08 Å². The molecule has 0 saturated carbocycles. The van der Waals surface area contributed by atoms with Gasteiger partial charge in [0.25, 0.3) is 5.69 Å². The van der Waals surface area contributed by atoms with Gasteiger partial charge in [0.2, 0.25) is 5.90 Å². The number of ether oxygens (including phenoxy) is 2. The Morgan fingerprint density at radius 3 is 2.78 bits per heavy atom. The molecular weight excluding hydrogens is 372 g/mol. The molecular formula is C19H13ClN2O5. The molecule has 0 fully saturated rings. The summed E-state index contributed by atoms with van der Waals surface area (Å²) in [5.74, 6) is -0.0587. The van der Waals surface area contributed by atoms with E-state index in [9.17, 15) is 14.9 Å². The monoisotopic (exact) mass is 384 g/mol. The lowest BCUT2D eigenvalue weighted by atomic mass is 10.2. The number of aliphatic imine (C=N–C) groups is 1. The van der Waals surface area contributed by atoms with Gasteiger partial charge in [-0.15, -0.1) is 0 Å². The maximum absolute atomic E-state index is 12.0. The van der Waals surface area contributed by atoms with E-state index in [-0.39, 0.29) is 27.9 Å². The summed E-state index contributed by atoms with van der Waals surface area (Å²) in [5, 5.41) is 11.1. The first-order valence-electron chi connectivity index (χ1n) is 7.76. The molecule has 0 radical (unpaired) electrons. The number of nitro benzene ring substituents is 1. The summed E-state index contributed by atoms with van der Waals surface area (Å²) in [5.41, 5.74) is 0.880. The third-order valence-corrected chi connectivity index (χ3v) is 4.01. The Hall–Kier alpha value is -3.45. The summed E-state index contributed by atoms with van der Waals surface area (Å²) in [7, 11) is 1.57. The van der Waals surface area contributed by atoms with Crippen LogP contribution in [0.4, 0.5) is 5.69 Å². The van der Waals surface area contributed by atoms with E-state index in [2.05, 4.69) is 4.99 Å². The van der Waals surface area contributed by atoms with Gasteiger partial charge in [-0.1, -0.05) is 42.0 Å². The first-order valence-corrected chi connectivity index (χ1v) is 8.14. The molecule has 0 saturated heterocycles. The highest BCUT2D eigenvalue weighted by molar-refractivity contribution is 6.34. The number of nitrogens with zero attached hydrogens (tertiary/aromatic N) is 2. The Bertz CT molecular complexity index is 1010. The first-order chi connectivity index (χ1) is 13.0. The maximum Gasteiger partial charge on any atom is 0.363 e. The SMILES string of the molecule is COc1ccccc1/C=C/C=C1\N=C(c2cc([N+](=O)[O-])ccc2Cl)OC1=O. The Morgan fingerprint density at radius 1 is 1.26 bits per heavy atom. The number of methoxy groups -OCH3 is 1. The highest BCUT2D eigenvalue weighted by Gasteiger charge is 2.26. The van der Waals surface area contributed by atoms with Gasteiger partial charge < -0.3 is 9.47 Å². The minimum Gasteiger partial charge on any atom is -0.496 e. The largest absolute Gasteiger partial charge is 0.496 e. The van der Waals surface area contributed by atoms with Crippen LogP contribution in [0, 0.1) is 10.1 Å². The molecule has 0 N–H and O–H groups in total. The molecule has 0 atom stereocenters. The fourth-order valence-corrected chi connectivity index (χ4v) is 2.57. The number of carbonyl (C=O) groups excluding carboxylic acids is 1. The molecule has 136 valence electrons. The molecule has 0 unspecified atom stereocenters. The van der Waals surface area contributed by atoms with E-state index in [0.717, 1.165) is 5.56 Å². The number of hydrogen-bond acceptors (Lipinski definition) is 6. The van der Waals surface area contributed by atoms with Crippen LogP contribution in [0.1, 0.15) is 11.1 Å². The normalized spacial score (nSPS) is 15.1. The van der Waals surface area contributed by atoms with E-state index < -0.39 is 10.9 Å². The summed E-state index contributed by atoms with van der Waals surface area (Å²) in [4.78, 5) is 26.5. The number of para-hydroxylation sites is 1. The van der Waals surface area contributed by atoms with Crippen LogP contribution in [0.5, 0.6) is 5.75 Å². The van der Waals surface area contributed by atoms with Crippen molar-refractivity contribution in [1.29, 1.82) is 0 Å². The van der Waals surface area contributed by atoms with E-state index in [1.54, 1.807) is 19.3 Å². The highest BCUT2D eigenvalue weighted by atomic mass is 35.5. The highest BCUT2D eigenvalue weighted by Crippen LogP contribution is 2.26. The molecule has 1 aliphatic rings. The number of cyclic esters (lactones) is 1. The van der Waals surface area contributed by atoms with Crippen molar-refractivity contribution in [1.82, 2.24) is 0 Å². The Morgan fingerprint density at radius 2 is 2.04 bits per heavy atom. The van der Waals surface area contributed by atoms with Crippen LogP contribution >= 0.6 is 11.6 Å². The number of hydrogen-bond donors (Lipinski definition) is 0. The number of non-ortho nitro benzene ring substituents is 1. The van der Waals surface area contributed by atoms with E-state index in [0.29, 0.717) is 5.75 Å². The molecule has 0 amide bonds.